The Morgan fingerprint density at radius 1 is 0.422 bits per heavy atom. The molecular formula is C42H81Y3. The van der Waals surface area contributed by atoms with Gasteiger partial charge in [0.15, 0.2) is 0 Å². The largest absolute Gasteiger partial charge is 3.00 e. The van der Waals surface area contributed by atoms with E-state index in [0.717, 1.165) is 54.8 Å². The summed E-state index contributed by atoms with van der Waals surface area (Å²) in [5, 5.41) is 0. The van der Waals surface area contributed by atoms with E-state index in [0.29, 0.717) is 0 Å². The van der Waals surface area contributed by atoms with E-state index >= 15 is 0 Å². The quantitative estimate of drug-likeness (QED) is 0.172. The van der Waals surface area contributed by atoms with Crippen molar-refractivity contribution in [2.24, 2.45) is 35.5 Å². The first-order chi connectivity index (χ1) is 20.0. The van der Waals surface area contributed by atoms with Gasteiger partial charge in [-0.25, -0.2) is 12.8 Å². The van der Waals surface area contributed by atoms with Gasteiger partial charge in [-0.15, -0.1) is 6.42 Å². The van der Waals surface area contributed by atoms with Crippen LogP contribution in [0.15, 0.2) is 0 Å². The summed E-state index contributed by atoms with van der Waals surface area (Å²) >= 11 is 0. The number of hydrogen-bond acceptors (Lipinski definition) is 0. The molecule has 0 amide bonds. The molecular weight excluding hydrogens is 771 g/mol. The minimum Gasteiger partial charge on any atom is -0.343 e. The van der Waals surface area contributed by atoms with Crippen molar-refractivity contribution in [2.75, 3.05) is 0 Å². The van der Waals surface area contributed by atoms with Crippen LogP contribution >= 0.6 is 0 Å². The Morgan fingerprint density at radius 2 is 0.622 bits per heavy atom. The Labute approximate surface area is 366 Å². The van der Waals surface area contributed by atoms with Crippen LogP contribution in [0.3, 0.4) is 0 Å². The van der Waals surface area contributed by atoms with Gasteiger partial charge in [-0.3, -0.25) is 0 Å². The molecule has 3 atom stereocenters. The van der Waals surface area contributed by atoms with Gasteiger partial charge in [-0.1, -0.05) is 72.1 Å². The second-order valence-electron chi connectivity index (χ2n) is 14.0. The molecule has 0 heterocycles. The van der Waals surface area contributed by atoms with Crippen LogP contribution in [0.2, 0.25) is 0 Å². The maximum Gasteiger partial charge on any atom is 3.00 e. The zero-order valence-corrected chi connectivity index (χ0v) is 41.7. The van der Waals surface area contributed by atoms with Crippen molar-refractivity contribution in [3.63, 3.8) is 0 Å². The van der Waals surface area contributed by atoms with Gasteiger partial charge in [0.2, 0.25) is 0 Å². The molecule has 0 radical (unpaired) electrons. The maximum absolute atomic E-state index is 4.04. The fourth-order valence-electron chi connectivity index (χ4n) is 5.13. The average molecular weight is 853 g/mol. The van der Waals surface area contributed by atoms with E-state index in [1.54, 1.807) is 11.8 Å². The molecule has 0 bridgehead atoms. The molecule has 3 fully saturated rings. The molecule has 0 aromatic carbocycles. The summed E-state index contributed by atoms with van der Waals surface area (Å²) in [4.78, 5) is 0. The topological polar surface area (TPSA) is 0 Å². The van der Waals surface area contributed by atoms with Gasteiger partial charge in [0, 0.05) is 0 Å². The van der Waals surface area contributed by atoms with Crippen molar-refractivity contribution in [3.05, 3.63) is 57.8 Å². The summed E-state index contributed by atoms with van der Waals surface area (Å²) in [6.45, 7) is 37.9. The van der Waals surface area contributed by atoms with Gasteiger partial charge in [0.1, 0.15) is 0 Å². The Balaban J connectivity index is -0.000000109. The van der Waals surface area contributed by atoms with Crippen molar-refractivity contribution < 1.29 is 98.1 Å². The molecule has 3 heteroatoms. The van der Waals surface area contributed by atoms with Gasteiger partial charge >= 0.3 is 98.1 Å². The zero-order chi connectivity index (χ0) is 32.9. The second kappa shape index (κ2) is 43.5. The molecule has 0 aromatic heterocycles. The van der Waals surface area contributed by atoms with Crippen molar-refractivity contribution in [3.8, 4) is 0 Å². The summed E-state index contributed by atoms with van der Waals surface area (Å²) in [7, 11) is 0. The Hall–Kier alpha value is 3.31. The van der Waals surface area contributed by atoms with Gasteiger partial charge in [-0.05, 0) is 17.8 Å². The molecule has 3 aliphatic rings. The van der Waals surface area contributed by atoms with E-state index in [-0.39, 0.29) is 98.1 Å². The molecule has 0 aromatic rings. The first-order valence-electron chi connectivity index (χ1n) is 18.1. The molecule has 0 nitrogen and oxygen atoms in total. The third-order valence-corrected chi connectivity index (χ3v) is 8.57. The Bertz CT molecular complexity index is 485. The predicted octanol–water partition coefficient (Wildman–Crippen LogP) is 14.6. The maximum atomic E-state index is 4.04. The Kier molecular flexibility index (Phi) is 58.4. The standard InChI is InChI=1S/C12H22.C11H20.C10H18.3C3H7.3Y/c1-4-12(10(2)3)9-11-7-5-6-8-11;1-4-11(9(2)3)8-10-6-5-7-10;1-4-10(8(2)3)7-9-5-6-9;3*1-3-2;;;/h10,12H,1,4-9H2,2-3H3;9,11H,1,4-8H2,2-3H3;8,10H,1,4-7H2,2-3H3;3*3H,1-2H3;;;/q3*-2;3*-1;3*+3. The fourth-order valence-corrected chi connectivity index (χ4v) is 5.13. The normalized spacial score (nSPS) is 17.2. The molecule has 0 aliphatic heterocycles. The molecule has 0 N–H and O–H groups in total. The van der Waals surface area contributed by atoms with Crippen molar-refractivity contribution in [1.29, 1.82) is 0 Å². The van der Waals surface area contributed by atoms with E-state index in [9.17, 15) is 0 Å². The molecule has 0 spiro atoms. The summed E-state index contributed by atoms with van der Waals surface area (Å²) in [6, 6.07) is 0. The van der Waals surface area contributed by atoms with Crippen LogP contribution in [0.5, 0.6) is 0 Å². The third-order valence-electron chi connectivity index (χ3n) is 8.57. The van der Waals surface area contributed by atoms with Crippen molar-refractivity contribution >= 4 is 0 Å². The van der Waals surface area contributed by atoms with E-state index < -0.39 is 0 Å². The molecule has 3 unspecified atom stereocenters. The van der Waals surface area contributed by atoms with Gasteiger partial charge in [0.05, 0.1) is 0 Å². The molecule has 45 heavy (non-hydrogen) atoms. The predicted molar refractivity (Wildman–Crippen MR) is 197 cm³/mol. The third kappa shape index (κ3) is 39.9. The van der Waals surface area contributed by atoms with E-state index in [4.69, 9.17) is 0 Å². The van der Waals surface area contributed by atoms with Crippen molar-refractivity contribution in [1.82, 2.24) is 0 Å². The summed E-state index contributed by atoms with van der Waals surface area (Å²) in [5.41, 5.74) is 0. The van der Waals surface area contributed by atoms with Crippen LogP contribution in [-0.4, -0.2) is 0 Å². The van der Waals surface area contributed by atoms with Crippen molar-refractivity contribution in [2.45, 2.75) is 179 Å². The SMILES string of the molecule is C[CH-]C.C[CH-]C.C[CH-]C.[CH2-]CC(C[C-]1CC1)C(C)C.[CH2-]CC(C[C-]1CCC1)C(C)C.[CH2-]CC(C[C-]1CCCC1)C(C)C.[Y+3].[Y+3].[Y+3]. The zero-order valence-electron chi connectivity index (χ0n) is 33.2. The number of rotatable bonds is 12. The first kappa shape index (κ1) is 60.4. The number of hydrogen-bond donors (Lipinski definition) is 0. The summed E-state index contributed by atoms with van der Waals surface area (Å²) in [6.07, 6.45) is 26.2. The average Bonchev–Trinajstić information content (AvgIpc) is 3.58. The van der Waals surface area contributed by atoms with E-state index in [2.05, 4.69) is 62.3 Å². The fraction of sp³-hybridized carbons (Fsp3) is 0.786. The van der Waals surface area contributed by atoms with Crippen LogP contribution in [-0.2, 0) is 98.1 Å². The van der Waals surface area contributed by atoms with Gasteiger partial charge in [-0.2, -0.15) is 106 Å². The van der Waals surface area contributed by atoms with Crippen LogP contribution in [0, 0.1) is 93.3 Å². The molecule has 3 aliphatic carbocycles. The molecule has 258 valence electrons. The van der Waals surface area contributed by atoms with Crippen LogP contribution in [0.1, 0.15) is 179 Å². The minimum atomic E-state index is 0. The van der Waals surface area contributed by atoms with E-state index in [1.807, 2.05) is 66.7 Å². The molecule has 0 saturated heterocycles. The van der Waals surface area contributed by atoms with Crippen LogP contribution in [0.25, 0.3) is 0 Å². The second-order valence-corrected chi connectivity index (χ2v) is 14.0. The smallest absolute Gasteiger partial charge is 0.343 e. The van der Waals surface area contributed by atoms with Gasteiger partial charge < -0.3 is 57.8 Å². The summed E-state index contributed by atoms with van der Waals surface area (Å²) in [5.74, 6) is 10.4. The Morgan fingerprint density at radius 3 is 0.756 bits per heavy atom. The molecule has 3 rings (SSSR count). The molecule has 3 saturated carbocycles. The monoisotopic (exact) mass is 852 g/mol. The first-order valence-corrected chi connectivity index (χ1v) is 18.1. The van der Waals surface area contributed by atoms with E-state index in [1.165, 1.54) is 77.0 Å². The minimum absolute atomic E-state index is 0. The summed E-state index contributed by atoms with van der Waals surface area (Å²) < 4.78 is 0. The van der Waals surface area contributed by atoms with Crippen LogP contribution in [0.4, 0.5) is 0 Å². The van der Waals surface area contributed by atoms with Gasteiger partial charge in [0.25, 0.3) is 0 Å². The van der Waals surface area contributed by atoms with Crippen LogP contribution < -0.4 is 0 Å².